The average Bonchev–Trinajstić information content (AvgIpc) is 3.62. The molecule has 4 N–H and O–H groups in total. The minimum atomic E-state index is -0.486. The third-order valence-electron chi connectivity index (χ3n) is 6.72. The number of halogens is 5. The Balaban J connectivity index is 0.000000295. The summed E-state index contributed by atoms with van der Waals surface area (Å²) >= 11 is 18.7. The number of amides is 2. The number of rotatable bonds is 9. The first-order valence-electron chi connectivity index (χ1n) is 15.1. The van der Waals surface area contributed by atoms with E-state index in [4.69, 9.17) is 27.9 Å². The number of alkyl carbamates (subject to hydrolysis) is 1. The first-order valence-corrected chi connectivity index (χ1v) is 19.5. The van der Waals surface area contributed by atoms with Crippen LogP contribution in [0.15, 0.2) is 60.9 Å². The van der Waals surface area contributed by atoms with Gasteiger partial charge in [-0.15, -0.1) is 0 Å². The second kappa shape index (κ2) is 21.6. The SMILES string of the molecule is C.CC(C)(C)OC(=O)NCCc1cnc(-c2ccc(Cl)cc2)[nH]1.IC(I)I.O=C(NCCc1cnc(-c2ccc(Cl)cc2)[nH]1)C1CCC1. The second-order valence-corrected chi connectivity index (χ2v) is 23.4. The van der Waals surface area contributed by atoms with Gasteiger partial charge >= 0.3 is 6.09 Å². The number of ether oxygens (including phenoxy) is 1. The van der Waals surface area contributed by atoms with E-state index in [1.165, 1.54) is 6.42 Å². The Kier molecular flexibility index (Phi) is 19.1. The number of carbonyl (C=O) groups excluding carboxylic acids is 2. The van der Waals surface area contributed by atoms with Crippen LogP contribution in [0.5, 0.6) is 0 Å². The Morgan fingerprint density at radius 2 is 1.25 bits per heavy atom. The number of nitrogens with zero attached hydrogens (tertiary/aromatic N) is 2. The fourth-order valence-corrected chi connectivity index (χ4v) is 4.48. The first-order chi connectivity index (χ1) is 22.3. The van der Waals surface area contributed by atoms with Crippen LogP contribution in [0.3, 0.4) is 0 Å². The van der Waals surface area contributed by atoms with Crippen molar-refractivity contribution in [1.82, 2.24) is 30.6 Å². The molecule has 2 aromatic carbocycles. The summed E-state index contributed by atoms with van der Waals surface area (Å²) in [6.45, 7) is 6.63. The van der Waals surface area contributed by atoms with Gasteiger partial charge in [-0.3, -0.25) is 4.79 Å². The van der Waals surface area contributed by atoms with Gasteiger partial charge in [-0.25, -0.2) is 14.8 Å². The first kappa shape index (κ1) is 42.5. The molecule has 0 aliphatic heterocycles. The highest BCUT2D eigenvalue weighted by atomic mass is 127. The van der Waals surface area contributed by atoms with Gasteiger partial charge in [0.2, 0.25) is 5.91 Å². The number of hydrogen-bond acceptors (Lipinski definition) is 5. The maximum absolute atomic E-state index is 11.7. The summed E-state index contributed by atoms with van der Waals surface area (Å²) in [5.74, 6) is 2.05. The van der Waals surface area contributed by atoms with E-state index in [2.05, 4.69) is 98.3 Å². The van der Waals surface area contributed by atoms with Crippen LogP contribution in [0.2, 0.25) is 10.0 Å². The molecule has 1 saturated carbocycles. The molecule has 48 heavy (non-hydrogen) atoms. The molecule has 4 aromatic rings. The summed E-state index contributed by atoms with van der Waals surface area (Å²) in [6.07, 6.45) is 7.85. The van der Waals surface area contributed by atoms with E-state index >= 15 is 0 Å². The van der Waals surface area contributed by atoms with Crippen molar-refractivity contribution in [3.05, 3.63) is 82.4 Å². The van der Waals surface area contributed by atoms with E-state index in [-0.39, 0.29) is 19.3 Å². The Hall–Kier alpha value is -1.63. The Labute approximate surface area is 334 Å². The largest absolute Gasteiger partial charge is 0.444 e. The molecule has 0 bridgehead atoms. The predicted molar refractivity (Wildman–Crippen MR) is 223 cm³/mol. The van der Waals surface area contributed by atoms with E-state index in [1.807, 2.05) is 75.5 Å². The minimum Gasteiger partial charge on any atom is -0.444 e. The number of imidazole rings is 2. The van der Waals surface area contributed by atoms with Crippen molar-refractivity contribution in [2.45, 2.75) is 65.8 Å². The molecule has 14 heteroatoms. The standard InChI is InChI=1S/C16H20ClN3O2.C16H18ClN3O.CHI3.CH4/c1-16(2,3)22-15(21)18-9-8-13-10-19-14(20-13)11-4-6-12(17)7-5-11;17-13-6-4-11(5-7-13)15-19-10-14(20-15)8-9-18-16(21)12-2-1-3-12;2-1(3)4;/h4-7,10H,8-9H2,1-3H3,(H,18,21)(H,19,20);4-7,10,12H,1-3,8-9H2,(H,18,21)(H,19,20);1H;1H4. The van der Waals surface area contributed by atoms with Gasteiger partial charge in [0.25, 0.3) is 0 Å². The van der Waals surface area contributed by atoms with E-state index in [9.17, 15) is 9.59 Å². The molecular formula is C34H43Cl2I3N6O3. The van der Waals surface area contributed by atoms with E-state index < -0.39 is 11.7 Å². The summed E-state index contributed by atoms with van der Waals surface area (Å²) in [4.78, 5) is 38.5. The molecule has 262 valence electrons. The third kappa shape index (κ3) is 16.4. The summed E-state index contributed by atoms with van der Waals surface area (Å²) in [7, 11) is 0. The number of alkyl halides is 3. The lowest BCUT2D eigenvalue weighted by Gasteiger charge is -2.23. The highest BCUT2D eigenvalue weighted by Crippen LogP contribution is 2.26. The second-order valence-electron chi connectivity index (χ2n) is 11.6. The normalized spacial score (nSPS) is 12.4. The van der Waals surface area contributed by atoms with Gasteiger partial charge in [0, 0.05) is 76.8 Å². The fourth-order valence-electron chi connectivity index (χ4n) is 4.23. The van der Waals surface area contributed by atoms with Crippen molar-refractivity contribution in [3.8, 4) is 22.8 Å². The number of aromatic nitrogens is 4. The molecule has 2 aromatic heterocycles. The summed E-state index contributed by atoms with van der Waals surface area (Å²) < 4.78 is 5.92. The van der Waals surface area contributed by atoms with E-state index in [1.54, 1.807) is 6.20 Å². The summed E-state index contributed by atoms with van der Waals surface area (Å²) in [5, 5.41) is 7.11. The van der Waals surface area contributed by atoms with Crippen LogP contribution >= 0.6 is 91.0 Å². The molecule has 1 fully saturated rings. The van der Waals surface area contributed by atoms with Crippen molar-refractivity contribution >= 4 is 103 Å². The molecule has 0 atom stereocenters. The van der Waals surface area contributed by atoms with Gasteiger partial charge in [-0.05, 0) is 82.1 Å². The van der Waals surface area contributed by atoms with Gasteiger partial charge in [0.05, 0.1) is 0 Å². The number of carbonyl (C=O) groups is 2. The van der Waals surface area contributed by atoms with Gasteiger partial charge in [0.1, 0.15) is 17.2 Å². The molecule has 2 amide bonds. The van der Waals surface area contributed by atoms with Gasteiger partial charge < -0.3 is 25.3 Å². The van der Waals surface area contributed by atoms with Gasteiger partial charge in [0.15, 0.2) is 0 Å². The van der Waals surface area contributed by atoms with Crippen LogP contribution in [-0.2, 0) is 22.4 Å². The molecule has 0 spiro atoms. The van der Waals surface area contributed by atoms with Crippen molar-refractivity contribution in [2.75, 3.05) is 13.1 Å². The van der Waals surface area contributed by atoms with Crippen LogP contribution < -0.4 is 10.6 Å². The molecule has 0 radical (unpaired) electrons. The van der Waals surface area contributed by atoms with Crippen LogP contribution in [0.4, 0.5) is 4.79 Å². The quantitative estimate of drug-likeness (QED) is 0.0982. The van der Waals surface area contributed by atoms with Gasteiger partial charge in [-0.2, -0.15) is 0 Å². The van der Waals surface area contributed by atoms with Crippen LogP contribution in [0, 0.1) is 5.92 Å². The van der Waals surface area contributed by atoms with Crippen molar-refractivity contribution in [3.63, 3.8) is 0 Å². The van der Waals surface area contributed by atoms with Crippen LogP contribution in [0.1, 0.15) is 58.8 Å². The summed E-state index contributed by atoms with van der Waals surface area (Å²) in [6, 6.07) is 15.0. The number of hydrogen-bond donors (Lipinski definition) is 4. The lowest BCUT2D eigenvalue weighted by Crippen LogP contribution is -2.35. The zero-order chi connectivity index (χ0) is 34.4. The molecule has 5 rings (SSSR count). The zero-order valence-corrected chi connectivity index (χ0v) is 34.4. The number of H-pyrrole nitrogens is 2. The Morgan fingerprint density at radius 1 is 0.833 bits per heavy atom. The van der Waals surface area contributed by atoms with Crippen molar-refractivity contribution in [2.24, 2.45) is 5.92 Å². The fraction of sp³-hybridized carbons (Fsp3) is 0.412. The summed E-state index contributed by atoms with van der Waals surface area (Å²) in [5.41, 5.74) is 3.45. The maximum Gasteiger partial charge on any atom is 0.407 e. The molecular weight excluding hydrogens is 992 g/mol. The van der Waals surface area contributed by atoms with Gasteiger partial charge in [-0.1, -0.05) is 105 Å². The smallest absolute Gasteiger partial charge is 0.407 e. The average molecular weight is 1040 g/mol. The molecule has 1 aliphatic carbocycles. The van der Waals surface area contributed by atoms with Crippen molar-refractivity contribution in [1.29, 1.82) is 0 Å². The highest BCUT2D eigenvalue weighted by molar-refractivity contribution is 14.3. The van der Waals surface area contributed by atoms with E-state index in [0.717, 1.165) is 53.4 Å². The molecule has 2 heterocycles. The number of nitrogens with one attached hydrogen (secondary N) is 4. The van der Waals surface area contributed by atoms with Crippen LogP contribution in [-0.4, -0.2) is 50.6 Å². The monoisotopic (exact) mass is 1030 g/mol. The number of benzene rings is 2. The number of aromatic amines is 2. The molecule has 9 nitrogen and oxygen atoms in total. The van der Waals surface area contributed by atoms with Crippen molar-refractivity contribution < 1.29 is 14.3 Å². The molecule has 1 aliphatic rings. The Morgan fingerprint density at radius 3 is 1.62 bits per heavy atom. The lowest BCUT2D eigenvalue weighted by atomic mass is 9.85. The minimum absolute atomic E-state index is 0. The maximum atomic E-state index is 11.7. The lowest BCUT2D eigenvalue weighted by molar-refractivity contribution is -0.127. The predicted octanol–water partition coefficient (Wildman–Crippen LogP) is 10.2. The van der Waals surface area contributed by atoms with E-state index in [0.29, 0.717) is 29.6 Å². The Bertz CT molecular complexity index is 1530. The third-order valence-corrected chi connectivity index (χ3v) is 7.23. The topological polar surface area (TPSA) is 125 Å². The highest BCUT2D eigenvalue weighted by Gasteiger charge is 2.24. The molecule has 0 unspecified atom stereocenters. The zero-order valence-electron chi connectivity index (χ0n) is 26.4. The van der Waals surface area contributed by atoms with Crippen LogP contribution in [0.25, 0.3) is 22.8 Å². The molecule has 0 saturated heterocycles.